The van der Waals surface area contributed by atoms with Gasteiger partial charge < -0.3 is 19.7 Å². The maximum absolute atomic E-state index is 12.1. The number of carbonyl (C=O) groups excluding carboxylic acids is 2. The summed E-state index contributed by atoms with van der Waals surface area (Å²) in [6.07, 6.45) is -0.0682. The average molecular weight is 258 g/mol. The average Bonchev–Trinajstić information content (AvgIpc) is 2.29. The van der Waals surface area contributed by atoms with E-state index in [9.17, 15) is 9.59 Å². The lowest BCUT2D eigenvalue weighted by molar-refractivity contribution is -0.151. The number of amides is 1. The molecule has 1 amide bonds. The number of piperazine rings is 1. The highest BCUT2D eigenvalue weighted by Gasteiger charge is 2.30. The summed E-state index contributed by atoms with van der Waals surface area (Å²) in [5.41, 5.74) is 0. The lowest BCUT2D eigenvalue weighted by Crippen LogP contribution is -2.56. The van der Waals surface area contributed by atoms with Gasteiger partial charge in [-0.15, -0.1) is 0 Å². The fourth-order valence-electron chi connectivity index (χ4n) is 1.85. The van der Waals surface area contributed by atoms with Crippen LogP contribution >= 0.6 is 0 Å². The number of rotatable bonds is 6. The van der Waals surface area contributed by atoms with Gasteiger partial charge >= 0.3 is 5.97 Å². The lowest BCUT2D eigenvalue weighted by atomic mass is 10.1. The molecular weight excluding hydrogens is 236 g/mol. The third-order valence-electron chi connectivity index (χ3n) is 2.69. The van der Waals surface area contributed by atoms with Crippen LogP contribution in [0, 0.1) is 0 Å². The molecule has 1 N–H and O–H groups in total. The van der Waals surface area contributed by atoms with Crippen LogP contribution in [0.15, 0.2) is 0 Å². The summed E-state index contributed by atoms with van der Waals surface area (Å²) in [6.45, 7) is 5.99. The van der Waals surface area contributed by atoms with Crippen LogP contribution in [0.1, 0.15) is 20.3 Å². The largest absolute Gasteiger partial charge is 0.463 e. The molecule has 0 aromatic heterocycles. The normalized spacial score (nSPS) is 20.3. The van der Waals surface area contributed by atoms with Gasteiger partial charge in [-0.25, -0.2) is 0 Å². The van der Waals surface area contributed by atoms with E-state index in [0.717, 1.165) is 0 Å². The molecule has 0 radical (unpaired) electrons. The molecular formula is C12H22N2O4. The molecule has 0 aliphatic carbocycles. The molecule has 0 aromatic rings. The van der Waals surface area contributed by atoms with E-state index in [-0.39, 0.29) is 24.4 Å². The Hall–Kier alpha value is -1.14. The van der Waals surface area contributed by atoms with Crippen LogP contribution in [0.5, 0.6) is 0 Å². The summed E-state index contributed by atoms with van der Waals surface area (Å²) in [6, 6.07) is -0.471. The summed E-state index contributed by atoms with van der Waals surface area (Å²) >= 11 is 0. The Morgan fingerprint density at radius 2 is 2.28 bits per heavy atom. The zero-order chi connectivity index (χ0) is 13.5. The first-order valence-corrected chi connectivity index (χ1v) is 6.25. The van der Waals surface area contributed by atoms with Crippen molar-refractivity contribution in [2.45, 2.75) is 32.4 Å². The van der Waals surface area contributed by atoms with Gasteiger partial charge in [-0.1, -0.05) is 0 Å². The standard InChI is InChI=1S/C12H22N2O4/c1-9(2)18-11(15)8-10-12(16)14(5-4-13-10)6-7-17-3/h9-10,13H,4-8H2,1-3H3. The highest BCUT2D eigenvalue weighted by atomic mass is 16.5. The summed E-state index contributed by atoms with van der Waals surface area (Å²) in [5, 5.41) is 3.05. The first kappa shape index (κ1) is 14.9. The van der Waals surface area contributed by atoms with E-state index in [4.69, 9.17) is 9.47 Å². The van der Waals surface area contributed by atoms with Crippen LogP contribution < -0.4 is 5.32 Å². The van der Waals surface area contributed by atoms with Crippen molar-refractivity contribution in [3.05, 3.63) is 0 Å². The quantitative estimate of drug-likeness (QED) is 0.667. The number of esters is 1. The molecule has 1 rings (SSSR count). The second-order valence-corrected chi connectivity index (χ2v) is 4.57. The number of hydrogen-bond acceptors (Lipinski definition) is 5. The third kappa shape index (κ3) is 4.62. The number of ether oxygens (including phenoxy) is 2. The van der Waals surface area contributed by atoms with Crippen molar-refractivity contribution in [2.24, 2.45) is 0 Å². The Morgan fingerprint density at radius 3 is 2.89 bits per heavy atom. The van der Waals surface area contributed by atoms with Gasteiger partial charge in [-0.05, 0) is 13.8 Å². The molecule has 0 saturated carbocycles. The molecule has 1 aliphatic heterocycles. The summed E-state index contributed by atoms with van der Waals surface area (Å²) < 4.78 is 10.00. The molecule has 1 saturated heterocycles. The maximum atomic E-state index is 12.1. The molecule has 6 nitrogen and oxygen atoms in total. The molecule has 1 atom stereocenters. The second-order valence-electron chi connectivity index (χ2n) is 4.57. The minimum absolute atomic E-state index is 0.0565. The van der Waals surface area contributed by atoms with E-state index >= 15 is 0 Å². The van der Waals surface area contributed by atoms with E-state index in [1.807, 2.05) is 0 Å². The van der Waals surface area contributed by atoms with Crippen molar-refractivity contribution in [3.63, 3.8) is 0 Å². The van der Waals surface area contributed by atoms with E-state index in [1.165, 1.54) is 0 Å². The van der Waals surface area contributed by atoms with Crippen LogP contribution in [-0.4, -0.2) is 62.3 Å². The lowest BCUT2D eigenvalue weighted by Gasteiger charge is -2.32. The number of carbonyl (C=O) groups is 2. The highest BCUT2D eigenvalue weighted by molar-refractivity contribution is 5.87. The Bertz CT molecular complexity index is 294. The first-order chi connectivity index (χ1) is 8.54. The minimum Gasteiger partial charge on any atom is -0.463 e. The van der Waals surface area contributed by atoms with Gasteiger partial charge in [-0.3, -0.25) is 9.59 Å². The predicted octanol–water partition coefficient (Wildman–Crippen LogP) is -0.225. The fraction of sp³-hybridized carbons (Fsp3) is 0.833. The Labute approximate surface area is 108 Å². The Morgan fingerprint density at radius 1 is 1.56 bits per heavy atom. The van der Waals surface area contributed by atoms with Crippen LogP contribution in [0.25, 0.3) is 0 Å². The molecule has 1 fully saturated rings. The topological polar surface area (TPSA) is 67.9 Å². The van der Waals surface area contributed by atoms with Crippen LogP contribution in [0.2, 0.25) is 0 Å². The SMILES string of the molecule is COCCN1CCNC(CC(=O)OC(C)C)C1=O. The Kier molecular flexibility index (Phi) is 6.07. The summed E-state index contributed by atoms with van der Waals surface area (Å²) in [5.74, 6) is -0.400. The van der Waals surface area contributed by atoms with Gasteiger partial charge in [0.1, 0.15) is 0 Å². The number of nitrogens with one attached hydrogen (secondary N) is 1. The molecule has 1 unspecified atom stereocenters. The molecule has 104 valence electrons. The van der Waals surface area contributed by atoms with Crippen molar-refractivity contribution in [2.75, 3.05) is 33.4 Å². The highest BCUT2D eigenvalue weighted by Crippen LogP contribution is 2.07. The van der Waals surface area contributed by atoms with Gasteiger partial charge in [0.05, 0.1) is 25.2 Å². The smallest absolute Gasteiger partial charge is 0.308 e. The van der Waals surface area contributed by atoms with Crippen LogP contribution in [0.4, 0.5) is 0 Å². The molecule has 1 heterocycles. The van der Waals surface area contributed by atoms with Crippen LogP contribution in [0.3, 0.4) is 0 Å². The maximum Gasteiger partial charge on any atom is 0.308 e. The predicted molar refractivity (Wildman–Crippen MR) is 66.1 cm³/mol. The van der Waals surface area contributed by atoms with Gasteiger partial charge in [-0.2, -0.15) is 0 Å². The first-order valence-electron chi connectivity index (χ1n) is 6.25. The van der Waals surface area contributed by atoms with Gasteiger partial charge in [0, 0.05) is 26.7 Å². The van der Waals surface area contributed by atoms with E-state index in [0.29, 0.717) is 26.2 Å². The fourth-order valence-corrected chi connectivity index (χ4v) is 1.85. The van der Waals surface area contributed by atoms with Crippen molar-refractivity contribution >= 4 is 11.9 Å². The molecule has 0 bridgehead atoms. The van der Waals surface area contributed by atoms with Gasteiger partial charge in [0.15, 0.2) is 0 Å². The molecule has 0 aromatic carbocycles. The van der Waals surface area contributed by atoms with E-state index < -0.39 is 6.04 Å². The van der Waals surface area contributed by atoms with Gasteiger partial charge in [0.2, 0.25) is 5.91 Å². The molecule has 18 heavy (non-hydrogen) atoms. The molecule has 1 aliphatic rings. The van der Waals surface area contributed by atoms with Crippen molar-refractivity contribution in [3.8, 4) is 0 Å². The zero-order valence-corrected chi connectivity index (χ0v) is 11.3. The van der Waals surface area contributed by atoms with Crippen molar-refractivity contribution < 1.29 is 19.1 Å². The van der Waals surface area contributed by atoms with E-state index in [2.05, 4.69) is 5.32 Å². The summed E-state index contributed by atoms with van der Waals surface area (Å²) in [7, 11) is 1.60. The van der Waals surface area contributed by atoms with Crippen molar-refractivity contribution in [1.82, 2.24) is 10.2 Å². The summed E-state index contributed by atoms with van der Waals surface area (Å²) in [4.78, 5) is 25.3. The number of nitrogens with zero attached hydrogens (tertiary/aromatic N) is 1. The zero-order valence-electron chi connectivity index (χ0n) is 11.3. The number of hydrogen-bond donors (Lipinski definition) is 1. The molecule has 6 heteroatoms. The minimum atomic E-state index is -0.471. The molecule has 0 spiro atoms. The van der Waals surface area contributed by atoms with E-state index in [1.54, 1.807) is 25.9 Å². The second kappa shape index (κ2) is 7.33. The number of methoxy groups -OCH3 is 1. The third-order valence-corrected chi connectivity index (χ3v) is 2.69. The Balaban J connectivity index is 2.45. The monoisotopic (exact) mass is 258 g/mol. The van der Waals surface area contributed by atoms with Gasteiger partial charge in [0.25, 0.3) is 0 Å². The van der Waals surface area contributed by atoms with Crippen molar-refractivity contribution in [1.29, 1.82) is 0 Å². The van der Waals surface area contributed by atoms with Crippen LogP contribution in [-0.2, 0) is 19.1 Å².